The van der Waals surface area contributed by atoms with E-state index in [9.17, 15) is 14.2 Å². The highest BCUT2D eigenvalue weighted by atomic mass is 31.2. The quantitative estimate of drug-likeness (QED) is 0.312. The van der Waals surface area contributed by atoms with Crippen LogP contribution in [0.1, 0.15) is 18.9 Å². The lowest BCUT2D eigenvalue weighted by Gasteiger charge is -2.19. The van der Waals surface area contributed by atoms with E-state index in [-0.39, 0.29) is 41.6 Å². The number of fused-ring (bicyclic) bond motifs is 1. The second-order valence-corrected chi connectivity index (χ2v) is 11.0. The molecule has 1 saturated carbocycles. The fourth-order valence-electron chi connectivity index (χ4n) is 4.97. The van der Waals surface area contributed by atoms with Crippen LogP contribution in [0.25, 0.3) is 6.08 Å². The van der Waals surface area contributed by atoms with Crippen molar-refractivity contribution in [2.24, 2.45) is 23.7 Å². The van der Waals surface area contributed by atoms with Crippen molar-refractivity contribution in [3.8, 4) is 5.75 Å². The first-order chi connectivity index (χ1) is 16.4. The molecule has 5 unspecified atom stereocenters. The molecule has 1 aliphatic heterocycles. The van der Waals surface area contributed by atoms with Crippen LogP contribution in [-0.2, 0) is 14.2 Å². The largest absolute Gasteiger partial charge is 0.432 e. The van der Waals surface area contributed by atoms with Crippen LogP contribution < -0.4 is 9.61 Å². The van der Waals surface area contributed by atoms with E-state index < -0.39 is 7.52 Å². The van der Waals surface area contributed by atoms with E-state index in [1.807, 2.05) is 73.7 Å². The number of benzene rings is 2. The van der Waals surface area contributed by atoms with Gasteiger partial charge in [0.25, 0.3) is 0 Å². The van der Waals surface area contributed by atoms with Gasteiger partial charge in [-0.3, -0.25) is 19.1 Å². The summed E-state index contributed by atoms with van der Waals surface area (Å²) in [5, 5.41) is 2.99. The molecule has 1 saturated heterocycles. The van der Waals surface area contributed by atoms with Gasteiger partial charge in [0.2, 0.25) is 11.8 Å². The van der Waals surface area contributed by atoms with Gasteiger partial charge in [-0.05, 0) is 36.0 Å². The van der Waals surface area contributed by atoms with E-state index in [2.05, 4.69) is 11.2 Å². The monoisotopic (exact) mass is 478 g/mol. The molecule has 1 aliphatic carbocycles. The molecule has 2 amide bonds. The molecule has 2 fully saturated rings. The first-order valence-corrected chi connectivity index (χ1v) is 13.5. The van der Waals surface area contributed by atoms with E-state index in [1.165, 1.54) is 4.90 Å². The van der Waals surface area contributed by atoms with Gasteiger partial charge in [-0.15, -0.1) is 0 Å². The van der Waals surface area contributed by atoms with Crippen molar-refractivity contribution in [2.75, 3.05) is 19.8 Å². The number of hydrogen-bond acceptors (Lipinski definition) is 4. The molecule has 2 aromatic rings. The number of imide groups is 1. The highest BCUT2D eigenvalue weighted by molar-refractivity contribution is 7.57. The molecule has 178 valence electrons. The smallest absolute Gasteiger partial charge is 0.320 e. The van der Waals surface area contributed by atoms with Gasteiger partial charge < -0.3 is 4.52 Å². The van der Waals surface area contributed by atoms with Crippen LogP contribution in [-0.4, -0.2) is 36.5 Å². The zero-order chi connectivity index (χ0) is 24.1. The van der Waals surface area contributed by atoms with Crippen LogP contribution in [0.4, 0.5) is 0 Å². The van der Waals surface area contributed by atoms with Gasteiger partial charge in [-0.1, -0.05) is 79.8 Å². The number of carbonyl (C=O) groups is 2. The Morgan fingerprint density at radius 2 is 1.56 bits per heavy atom. The molecular formula is C27H31N2O4P. The molecular weight excluding hydrogens is 447 g/mol. The van der Waals surface area contributed by atoms with Crippen LogP contribution in [0.5, 0.6) is 5.75 Å². The lowest BCUT2D eigenvalue weighted by molar-refractivity contribution is -0.139. The molecule has 0 bridgehead atoms. The standard InChI is InChI=1S/C27H31N2O4P/c1-3-28-34(32,33-23-14-8-5-9-15-23)18-10-13-21-19-22(17-16-20-11-6-4-7-12-20)25-24(21)26(30)29(2)27(25)31/h4-17,21-22,24-25H,3,18-19H2,1-2H3,(H,28,32)/b13-10+,17-16+. The van der Waals surface area contributed by atoms with Crippen LogP contribution in [0.15, 0.2) is 78.9 Å². The maximum Gasteiger partial charge on any atom is 0.320 e. The predicted molar refractivity (Wildman–Crippen MR) is 134 cm³/mol. The molecule has 1 N–H and O–H groups in total. The number of carbonyl (C=O) groups excluding carboxylic acids is 2. The number of amides is 2. The summed E-state index contributed by atoms with van der Waals surface area (Å²) in [5.41, 5.74) is 1.06. The zero-order valence-corrected chi connectivity index (χ0v) is 20.4. The van der Waals surface area contributed by atoms with Gasteiger partial charge in [-0.25, -0.2) is 5.09 Å². The molecule has 6 nitrogen and oxygen atoms in total. The molecule has 0 aromatic heterocycles. The van der Waals surface area contributed by atoms with Crippen molar-refractivity contribution in [3.05, 3.63) is 84.5 Å². The second-order valence-electron chi connectivity index (χ2n) is 8.82. The van der Waals surface area contributed by atoms with Crippen molar-refractivity contribution in [1.82, 2.24) is 9.99 Å². The molecule has 2 aliphatic rings. The van der Waals surface area contributed by atoms with Crippen molar-refractivity contribution in [3.63, 3.8) is 0 Å². The minimum atomic E-state index is -3.15. The average molecular weight is 479 g/mol. The molecule has 2 aromatic carbocycles. The summed E-state index contributed by atoms with van der Waals surface area (Å²) >= 11 is 0. The summed E-state index contributed by atoms with van der Waals surface area (Å²) < 4.78 is 19.2. The number of nitrogens with one attached hydrogen (secondary N) is 1. The SMILES string of the molecule is CCNP(=O)(C/C=C/C1CC(/C=C/c2ccccc2)C2C(=O)N(C)C(=O)C12)Oc1ccccc1. The highest BCUT2D eigenvalue weighted by Crippen LogP contribution is 2.49. The van der Waals surface area contributed by atoms with Crippen LogP contribution in [0, 0.1) is 23.7 Å². The van der Waals surface area contributed by atoms with Crippen molar-refractivity contribution in [1.29, 1.82) is 0 Å². The molecule has 7 heteroatoms. The minimum absolute atomic E-state index is 0.0256. The Morgan fingerprint density at radius 3 is 2.18 bits per heavy atom. The van der Waals surface area contributed by atoms with Gasteiger partial charge in [0.15, 0.2) is 0 Å². The Balaban J connectivity index is 1.51. The number of nitrogens with zero attached hydrogens (tertiary/aromatic N) is 1. The van der Waals surface area contributed by atoms with Gasteiger partial charge in [-0.2, -0.15) is 0 Å². The summed E-state index contributed by atoms with van der Waals surface area (Å²) in [6.07, 6.45) is 8.78. The maximum atomic E-state index is 13.4. The van der Waals surface area contributed by atoms with Gasteiger partial charge in [0, 0.05) is 13.6 Å². The first kappa shape index (κ1) is 24.2. The van der Waals surface area contributed by atoms with E-state index in [1.54, 1.807) is 19.2 Å². The Labute approximate surface area is 201 Å². The Morgan fingerprint density at radius 1 is 0.971 bits per heavy atom. The minimum Gasteiger partial charge on any atom is -0.432 e. The zero-order valence-electron chi connectivity index (χ0n) is 19.5. The fourth-order valence-corrected chi connectivity index (χ4v) is 6.58. The molecule has 0 spiro atoms. The van der Waals surface area contributed by atoms with Crippen LogP contribution in [0.2, 0.25) is 0 Å². The maximum absolute atomic E-state index is 13.4. The number of likely N-dealkylation sites (tertiary alicyclic amines) is 1. The molecule has 1 heterocycles. The van der Waals surface area contributed by atoms with Gasteiger partial charge in [0.05, 0.1) is 18.0 Å². The number of rotatable bonds is 9. The molecule has 5 atom stereocenters. The van der Waals surface area contributed by atoms with E-state index >= 15 is 0 Å². The highest BCUT2D eigenvalue weighted by Gasteiger charge is 2.56. The topological polar surface area (TPSA) is 75.7 Å². The van der Waals surface area contributed by atoms with Crippen LogP contribution in [0.3, 0.4) is 0 Å². The Kier molecular flexibility index (Phi) is 7.50. The van der Waals surface area contributed by atoms with Crippen molar-refractivity contribution in [2.45, 2.75) is 13.3 Å². The molecule has 34 heavy (non-hydrogen) atoms. The van der Waals surface area contributed by atoms with E-state index in [0.717, 1.165) is 5.56 Å². The third kappa shape index (κ3) is 5.24. The number of hydrogen-bond donors (Lipinski definition) is 1. The molecule has 4 rings (SSSR count). The fraction of sp³-hybridized carbons (Fsp3) is 0.333. The lowest BCUT2D eigenvalue weighted by atomic mass is 9.89. The Bertz CT molecular complexity index is 1120. The lowest BCUT2D eigenvalue weighted by Crippen LogP contribution is -2.29. The summed E-state index contributed by atoms with van der Waals surface area (Å²) in [4.78, 5) is 27.0. The number of allylic oxidation sites excluding steroid dienone is 3. The summed E-state index contributed by atoms with van der Waals surface area (Å²) in [6.45, 7) is 2.39. The van der Waals surface area contributed by atoms with Gasteiger partial charge in [0.1, 0.15) is 5.75 Å². The van der Waals surface area contributed by atoms with Crippen LogP contribution >= 0.6 is 7.52 Å². The Hall–Kier alpha value is -2.95. The first-order valence-electron chi connectivity index (χ1n) is 11.7. The van der Waals surface area contributed by atoms with Gasteiger partial charge >= 0.3 is 7.52 Å². The third-order valence-electron chi connectivity index (χ3n) is 6.54. The predicted octanol–water partition coefficient (Wildman–Crippen LogP) is 5.00. The second kappa shape index (κ2) is 10.5. The average Bonchev–Trinajstić information content (AvgIpc) is 3.30. The van der Waals surface area contributed by atoms with E-state index in [4.69, 9.17) is 4.52 Å². The van der Waals surface area contributed by atoms with Crippen molar-refractivity contribution < 1.29 is 18.7 Å². The summed E-state index contributed by atoms with van der Waals surface area (Å²) in [7, 11) is -1.58. The third-order valence-corrected chi connectivity index (χ3v) is 8.54. The van der Waals surface area contributed by atoms with E-state index in [0.29, 0.717) is 18.7 Å². The molecule has 0 radical (unpaired) electrons. The van der Waals surface area contributed by atoms with Crippen molar-refractivity contribution >= 4 is 25.4 Å². The number of para-hydroxylation sites is 1. The summed E-state index contributed by atoms with van der Waals surface area (Å²) in [6, 6.07) is 19.0. The summed E-state index contributed by atoms with van der Waals surface area (Å²) in [5.74, 6) is -0.549. The normalized spacial score (nSPS) is 26.4.